The number of rotatable bonds is 5. The summed E-state index contributed by atoms with van der Waals surface area (Å²) in [5.74, 6) is 1.40. The lowest BCUT2D eigenvalue weighted by atomic mass is 10.2. The average Bonchev–Trinajstić information content (AvgIpc) is 3.19. The summed E-state index contributed by atoms with van der Waals surface area (Å²) in [4.78, 5) is 21.8. The molecule has 0 unspecified atom stereocenters. The van der Waals surface area contributed by atoms with Crippen molar-refractivity contribution in [3.05, 3.63) is 83.7 Å². The minimum atomic E-state index is -0.461. The summed E-state index contributed by atoms with van der Waals surface area (Å²) < 4.78 is 5.07. The lowest BCUT2D eigenvalue weighted by Crippen LogP contribution is -2.16. The van der Waals surface area contributed by atoms with E-state index in [9.17, 15) is 10.1 Å². The smallest absolute Gasteiger partial charge is 0.274 e. The topological polar surface area (TPSA) is 117 Å². The van der Waals surface area contributed by atoms with Gasteiger partial charge in [0.15, 0.2) is 11.6 Å². The molecule has 2 aromatic carbocycles. The zero-order chi connectivity index (χ0) is 20.9. The molecule has 2 aromatic heterocycles. The van der Waals surface area contributed by atoms with Crippen LogP contribution in [0.15, 0.2) is 71.3 Å². The summed E-state index contributed by atoms with van der Waals surface area (Å²) in [6.07, 6.45) is 0. The van der Waals surface area contributed by atoms with Gasteiger partial charge in [-0.25, -0.2) is 9.97 Å². The van der Waals surface area contributed by atoms with Crippen LogP contribution >= 0.6 is 0 Å². The number of nitrogens with one attached hydrogen (secondary N) is 2. The Morgan fingerprint density at radius 1 is 1.00 bits per heavy atom. The molecule has 0 fully saturated rings. The lowest BCUT2D eigenvalue weighted by Gasteiger charge is -2.10. The van der Waals surface area contributed by atoms with Crippen LogP contribution in [-0.4, -0.2) is 21.0 Å². The third-order valence-corrected chi connectivity index (χ3v) is 4.17. The van der Waals surface area contributed by atoms with Crippen molar-refractivity contribution in [2.45, 2.75) is 6.92 Å². The third-order valence-electron chi connectivity index (χ3n) is 4.17. The summed E-state index contributed by atoms with van der Waals surface area (Å²) in [6.45, 7) is 1.78. The second-order valence-electron chi connectivity index (χ2n) is 6.39. The number of amides is 1. The van der Waals surface area contributed by atoms with Gasteiger partial charge in [0.2, 0.25) is 0 Å². The molecule has 2 N–H and O–H groups in total. The second-order valence-corrected chi connectivity index (χ2v) is 6.39. The van der Waals surface area contributed by atoms with E-state index in [4.69, 9.17) is 4.52 Å². The summed E-state index contributed by atoms with van der Waals surface area (Å²) >= 11 is 0. The minimum Gasteiger partial charge on any atom is -0.360 e. The van der Waals surface area contributed by atoms with Crippen LogP contribution in [0.4, 0.5) is 17.3 Å². The van der Waals surface area contributed by atoms with E-state index in [0.717, 1.165) is 5.56 Å². The van der Waals surface area contributed by atoms with E-state index in [1.807, 2.05) is 30.3 Å². The largest absolute Gasteiger partial charge is 0.360 e. The molecule has 4 aromatic rings. The van der Waals surface area contributed by atoms with Gasteiger partial charge in [0.05, 0.1) is 11.3 Å². The van der Waals surface area contributed by atoms with Crippen LogP contribution in [0.5, 0.6) is 0 Å². The molecule has 0 bridgehead atoms. The van der Waals surface area contributed by atoms with Crippen molar-refractivity contribution in [2.75, 3.05) is 10.6 Å². The molecule has 146 valence electrons. The number of aryl methyl sites for hydroxylation is 1. The van der Waals surface area contributed by atoms with Crippen molar-refractivity contribution in [1.29, 1.82) is 5.26 Å². The SMILES string of the molecule is Cc1cc(Nc2cc(C(=O)Nc3ccccc3C#N)nc(-c3ccccc3)n2)no1. The minimum absolute atomic E-state index is 0.138. The van der Waals surface area contributed by atoms with Crippen LogP contribution in [-0.2, 0) is 0 Å². The van der Waals surface area contributed by atoms with Gasteiger partial charge in [0, 0.05) is 17.7 Å². The van der Waals surface area contributed by atoms with Crippen molar-refractivity contribution in [1.82, 2.24) is 15.1 Å². The van der Waals surface area contributed by atoms with Gasteiger partial charge >= 0.3 is 0 Å². The second kappa shape index (κ2) is 8.24. The summed E-state index contributed by atoms with van der Waals surface area (Å²) in [5.41, 5.74) is 1.66. The Bertz CT molecular complexity index is 1240. The van der Waals surface area contributed by atoms with Crippen LogP contribution in [0.2, 0.25) is 0 Å². The normalized spacial score (nSPS) is 10.3. The number of nitrogens with zero attached hydrogens (tertiary/aromatic N) is 4. The van der Waals surface area contributed by atoms with Crippen LogP contribution in [0.3, 0.4) is 0 Å². The third kappa shape index (κ3) is 4.15. The molecule has 0 radical (unpaired) electrons. The van der Waals surface area contributed by atoms with Crippen molar-refractivity contribution >= 4 is 23.2 Å². The number of aromatic nitrogens is 3. The average molecular weight is 396 g/mol. The van der Waals surface area contributed by atoms with Gasteiger partial charge < -0.3 is 15.2 Å². The zero-order valence-corrected chi connectivity index (χ0v) is 16.0. The molecule has 2 heterocycles. The van der Waals surface area contributed by atoms with Gasteiger partial charge in [-0.1, -0.05) is 47.6 Å². The molecule has 4 rings (SSSR count). The molecule has 0 spiro atoms. The molecule has 0 saturated carbocycles. The number of carbonyl (C=O) groups is 1. The maximum Gasteiger partial charge on any atom is 0.274 e. The number of hydrogen-bond donors (Lipinski definition) is 2. The maximum atomic E-state index is 12.9. The highest BCUT2D eigenvalue weighted by molar-refractivity contribution is 6.04. The Hall–Kier alpha value is -4.51. The Kier molecular flexibility index (Phi) is 5.17. The fraction of sp³-hybridized carbons (Fsp3) is 0.0455. The fourth-order valence-corrected chi connectivity index (χ4v) is 2.78. The molecular formula is C22H16N6O2. The standard InChI is InChI=1S/C22H16N6O2/c1-14-11-20(28-30-14)26-19-12-18(24-21(27-19)15-7-3-2-4-8-15)22(29)25-17-10-6-5-9-16(17)13-23/h2-12H,1H3,(H,25,29)(H,24,26,27,28). The van der Waals surface area contributed by atoms with Gasteiger partial charge in [-0.3, -0.25) is 4.79 Å². The highest BCUT2D eigenvalue weighted by Gasteiger charge is 2.15. The molecule has 0 aliphatic heterocycles. The zero-order valence-electron chi connectivity index (χ0n) is 16.0. The Balaban J connectivity index is 1.71. The molecule has 30 heavy (non-hydrogen) atoms. The van der Waals surface area contributed by atoms with E-state index < -0.39 is 5.91 Å². The van der Waals surface area contributed by atoms with E-state index in [1.54, 1.807) is 37.3 Å². The first-order valence-electron chi connectivity index (χ1n) is 9.08. The van der Waals surface area contributed by atoms with Crippen LogP contribution < -0.4 is 10.6 Å². The molecule has 8 nitrogen and oxygen atoms in total. The van der Waals surface area contributed by atoms with Crippen LogP contribution in [0.25, 0.3) is 11.4 Å². The Morgan fingerprint density at radius 3 is 2.50 bits per heavy atom. The van der Waals surface area contributed by atoms with E-state index in [-0.39, 0.29) is 5.69 Å². The number of anilines is 3. The van der Waals surface area contributed by atoms with E-state index in [2.05, 4.69) is 31.8 Å². The first kappa shape index (κ1) is 18.8. The highest BCUT2D eigenvalue weighted by Crippen LogP contribution is 2.22. The lowest BCUT2D eigenvalue weighted by molar-refractivity contribution is 0.102. The van der Waals surface area contributed by atoms with Crippen molar-refractivity contribution in [3.63, 3.8) is 0 Å². The van der Waals surface area contributed by atoms with Crippen molar-refractivity contribution in [2.24, 2.45) is 0 Å². The van der Waals surface area contributed by atoms with Crippen LogP contribution in [0.1, 0.15) is 21.8 Å². The quantitative estimate of drug-likeness (QED) is 0.516. The molecule has 0 atom stereocenters. The van der Waals surface area contributed by atoms with Crippen molar-refractivity contribution in [3.8, 4) is 17.5 Å². The van der Waals surface area contributed by atoms with E-state index in [1.165, 1.54) is 6.07 Å². The fourth-order valence-electron chi connectivity index (χ4n) is 2.78. The summed E-state index contributed by atoms with van der Waals surface area (Å²) in [6, 6.07) is 21.4. The number of benzene rings is 2. The molecule has 1 amide bonds. The number of nitriles is 1. The van der Waals surface area contributed by atoms with Gasteiger partial charge in [-0.15, -0.1) is 0 Å². The van der Waals surface area contributed by atoms with E-state index in [0.29, 0.717) is 34.5 Å². The van der Waals surface area contributed by atoms with Crippen LogP contribution in [0, 0.1) is 18.3 Å². The highest BCUT2D eigenvalue weighted by atomic mass is 16.5. The van der Waals surface area contributed by atoms with Gasteiger partial charge in [0.25, 0.3) is 5.91 Å². The predicted octanol–water partition coefficient (Wildman–Crippen LogP) is 4.31. The Labute approximate surface area is 172 Å². The van der Waals surface area contributed by atoms with Gasteiger partial charge in [-0.2, -0.15) is 5.26 Å². The summed E-state index contributed by atoms with van der Waals surface area (Å²) in [7, 11) is 0. The van der Waals surface area contributed by atoms with Gasteiger partial charge in [-0.05, 0) is 19.1 Å². The molecule has 0 aliphatic carbocycles. The van der Waals surface area contributed by atoms with E-state index >= 15 is 0 Å². The van der Waals surface area contributed by atoms with Crippen molar-refractivity contribution < 1.29 is 9.32 Å². The number of hydrogen-bond acceptors (Lipinski definition) is 7. The number of para-hydroxylation sites is 1. The molecule has 0 aliphatic rings. The number of carbonyl (C=O) groups excluding carboxylic acids is 1. The first-order chi connectivity index (χ1) is 14.6. The predicted molar refractivity (Wildman–Crippen MR) is 111 cm³/mol. The molecule has 8 heteroatoms. The van der Waals surface area contributed by atoms with Gasteiger partial charge in [0.1, 0.15) is 23.3 Å². The molecular weight excluding hydrogens is 380 g/mol. The maximum absolute atomic E-state index is 12.9. The molecule has 0 saturated heterocycles. The summed E-state index contributed by atoms with van der Waals surface area (Å²) in [5, 5.41) is 18.9. The Morgan fingerprint density at radius 2 is 1.77 bits per heavy atom. The first-order valence-corrected chi connectivity index (χ1v) is 9.08. The monoisotopic (exact) mass is 396 g/mol.